The molecule has 3 rings (SSSR count). The minimum atomic E-state index is -3.75. The van der Waals surface area contributed by atoms with E-state index in [0.717, 1.165) is 49.0 Å². The van der Waals surface area contributed by atoms with E-state index in [4.69, 9.17) is 9.88 Å². The summed E-state index contributed by atoms with van der Waals surface area (Å²) >= 11 is 0. The van der Waals surface area contributed by atoms with Gasteiger partial charge in [-0.25, -0.2) is 13.6 Å². The SMILES string of the molecule is COc1ccc(C2(C(=O)NCc3ccc(S(N)(=O)=O)c(C)c3)CCCCC2)cc1. The molecule has 7 heteroatoms. The van der Waals surface area contributed by atoms with E-state index in [1.807, 2.05) is 24.3 Å². The first-order valence-electron chi connectivity index (χ1n) is 9.81. The molecule has 2 aromatic carbocycles. The highest BCUT2D eigenvalue weighted by Crippen LogP contribution is 2.40. The van der Waals surface area contributed by atoms with E-state index < -0.39 is 15.4 Å². The van der Waals surface area contributed by atoms with E-state index in [-0.39, 0.29) is 10.8 Å². The summed E-state index contributed by atoms with van der Waals surface area (Å²) in [5, 5.41) is 8.29. The number of primary sulfonamides is 1. The number of carbonyl (C=O) groups is 1. The van der Waals surface area contributed by atoms with Crippen molar-refractivity contribution in [3.05, 3.63) is 59.2 Å². The molecule has 3 N–H and O–H groups in total. The van der Waals surface area contributed by atoms with E-state index in [9.17, 15) is 13.2 Å². The molecule has 0 radical (unpaired) electrons. The molecule has 2 aromatic rings. The summed E-state index contributed by atoms with van der Waals surface area (Å²) < 4.78 is 28.4. The van der Waals surface area contributed by atoms with Gasteiger partial charge in [0.1, 0.15) is 5.75 Å². The molecule has 1 saturated carbocycles. The lowest BCUT2D eigenvalue weighted by Crippen LogP contribution is -2.45. The molecule has 0 aromatic heterocycles. The maximum atomic E-state index is 13.3. The largest absolute Gasteiger partial charge is 0.497 e. The molecule has 1 aliphatic rings. The molecule has 6 nitrogen and oxygen atoms in total. The summed E-state index contributed by atoms with van der Waals surface area (Å²) in [6.07, 6.45) is 4.80. The molecule has 1 aliphatic carbocycles. The third-order valence-corrected chi connectivity index (χ3v) is 6.85. The first-order valence-corrected chi connectivity index (χ1v) is 11.4. The van der Waals surface area contributed by atoms with Crippen molar-refractivity contribution in [1.29, 1.82) is 0 Å². The molecule has 0 saturated heterocycles. The van der Waals surface area contributed by atoms with Crippen LogP contribution in [0.2, 0.25) is 0 Å². The molecule has 0 unspecified atom stereocenters. The smallest absolute Gasteiger partial charge is 0.238 e. The lowest BCUT2D eigenvalue weighted by Gasteiger charge is -2.36. The Morgan fingerprint density at radius 2 is 1.76 bits per heavy atom. The highest BCUT2D eigenvalue weighted by molar-refractivity contribution is 7.89. The Morgan fingerprint density at radius 3 is 2.31 bits per heavy atom. The number of carbonyl (C=O) groups excluding carboxylic acids is 1. The average Bonchev–Trinajstić information content (AvgIpc) is 2.71. The Hall–Kier alpha value is -2.38. The number of benzene rings is 2. The Balaban J connectivity index is 1.80. The standard InChI is InChI=1S/C22H28N2O4S/c1-16-14-17(6-11-20(16)29(23,26)27)15-24-21(25)22(12-4-3-5-13-22)18-7-9-19(28-2)10-8-18/h6-11,14H,3-5,12-13,15H2,1-2H3,(H,24,25)(H2,23,26,27). The van der Waals surface area contributed by atoms with Gasteiger partial charge in [0.2, 0.25) is 15.9 Å². The second kappa shape index (κ2) is 8.55. The third kappa shape index (κ3) is 4.62. The molecule has 0 bridgehead atoms. The van der Waals surface area contributed by atoms with Crippen LogP contribution in [0.1, 0.15) is 48.8 Å². The van der Waals surface area contributed by atoms with Gasteiger partial charge < -0.3 is 10.1 Å². The molecule has 0 spiro atoms. The van der Waals surface area contributed by atoms with Crippen LogP contribution < -0.4 is 15.2 Å². The van der Waals surface area contributed by atoms with Crippen LogP contribution in [-0.2, 0) is 26.8 Å². The van der Waals surface area contributed by atoms with Gasteiger partial charge in [0, 0.05) is 6.54 Å². The van der Waals surface area contributed by atoms with Crippen molar-refractivity contribution >= 4 is 15.9 Å². The molecular weight excluding hydrogens is 388 g/mol. The van der Waals surface area contributed by atoms with Gasteiger partial charge in [-0.15, -0.1) is 0 Å². The van der Waals surface area contributed by atoms with Crippen LogP contribution in [0.5, 0.6) is 5.75 Å². The zero-order chi connectivity index (χ0) is 21.1. The summed E-state index contributed by atoms with van der Waals surface area (Å²) in [6, 6.07) is 12.7. The monoisotopic (exact) mass is 416 g/mol. The predicted octanol–water partition coefficient (Wildman–Crippen LogP) is 3.17. The fraction of sp³-hybridized carbons (Fsp3) is 0.409. The Bertz CT molecular complexity index is 978. The topological polar surface area (TPSA) is 98.5 Å². The molecule has 0 heterocycles. The van der Waals surface area contributed by atoms with Gasteiger partial charge in [0.25, 0.3) is 0 Å². The van der Waals surface area contributed by atoms with Crippen molar-refractivity contribution in [2.75, 3.05) is 7.11 Å². The van der Waals surface area contributed by atoms with Crippen LogP contribution in [0.25, 0.3) is 0 Å². The van der Waals surface area contributed by atoms with Crippen LogP contribution in [-0.4, -0.2) is 21.4 Å². The maximum absolute atomic E-state index is 13.3. The Labute approximate surface area is 172 Å². The minimum Gasteiger partial charge on any atom is -0.497 e. The number of aryl methyl sites for hydroxylation is 1. The van der Waals surface area contributed by atoms with Gasteiger partial charge in [-0.1, -0.05) is 43.5 Å². The highest BCUT2D eigenvalue weighted by atomic mass is 32.2. The van der Waals surface area contributed by atoms with Crippen molar-refractivity contribution in [3.8, 4) is 5.75 Å². The molecular formula is C22H28N2O4S. The molecule has 156 valence electrons. The van der Waals surface area contributed by atoms with Crippen molar-refractivity contribution < 1.29 is 17.9 Å². The number of methoxy groups -OCH3 is 1. The zero-order valence-electron chi connectivity index (χ0n) is 16.9. The Morgan fingerprint density at radius 1 is 1.10 bits per heavy atom. The summed E-state index contributed by atoms with van der Waals surface area (Å²) in [7, 11) is -2.12. The Kier molecular flexibility index (Phi) is 6.29. The summed E-state index contributed by atoms with van der Waals surface area (Å²) in [6.45, 7) is 2.04. The number of ether oxygens (including phenoxy) is 1. The van der Waals surface area contributed by atoms with E-state index in [2.05, 4.69) is 5.32 Å². The van der Waals surface area contributed by atoms with Gasteiger partial charge in [-0.2, -0.15) is 0 Å². The van der Waals surface area contributed by atoms with Crippen molar-refractivity contribution in [2.24, 2.45) is 5.14 Å². The summed E-state index contributed by atoms with van der Waals surface area (Å²) in [4.78, 5) is 13.4. The number of sulfonamides is 1. The number of amides is 1. The number of hydrogen-bond donors (Lipinski definition) is 2. The van der Waals surface area contributed by atoms with Crippen molar-refractivity contribution in [3.63, 3.8) is 0 Å². The summed E-state index contributed by atoms with van der Waals surface area (Å²) in [5.41, 5.74) is 1.88. The van der Waals surface area contributed by atoms with Crippen LogP contribution in [0.3, 0.4) is 0 Å². The fourth-order valence-electron chi connectivity index (χ4n) is 4.20. The highest BCUT2D eigenvalue weighted by Gasteiger charge is 2.40. The third-order valence-electron chi connectivity index (χ3n) is 5.78. The van der Waals surface area contributed by atoms with E-state index >= 15 is 0 Å². The number of hydrogen-bond acceptors (Lipinski definition) is 4. The molecule has 0 aliphatic heterocycles. The van der Waals surface area contributed by atoms with Gasteiger partial charge in [0.15, 0.2) is 0 Å². The van der Waals surface area contributed by atoms with Crippen LogP contribution >= 0.6 is 0 Å². The molecule has 29 heavy (non-hydrogen) atoms. The van der Waals surface area contributed by atoms with Gasteiger partial charge in [0.05, 0.1) is 17.4 Å². The lowest BCUT2D eigenvalue weighted by atomic mass is 9.68. The average molecular weight is 417 g/mol. The first-order chi connectivity index (χ1) is 13.8. The van der Waals surface area contributed by atoms with E-state index in [1.54, 1.807) is 26.2 Å². The normalized spacial score (nSPS) is 16.2. The van der Waals surface area contributed by atoms with Crippen LogP contribution in [0.4, 0.5) is 0 Å². The quantitative estimate of drug-likeness (QED) is 0.756. The van der Waals surface area contributed by atoms with E-state index in [0.29, 0.717) is 12.1 Å². The maximum Gasteiger partial charge on any atom is 0.238 e. The first kappa shape index (κ1) is 21.3. The number of nitrogens with two attached hydrogens (primary N) is 1. The fourth-order valence-corrected chi connectivity index (χ4v) is 4.97. The van der Waals surface area contributed by atoms with Crippen molar-refractivity contribution in [1.82, 2.24) is 5.32 Å². The molecule has 0 atom stereocenters. The van der Waals surface area contributed by atoms with Gasteiger partial charge >= 0.3 is 0 Å². The lowest BCUT2D eigenvalue weighted by molar-refractivity contribution is -0.128. The molecule has 1 fully saturated rings. The van der Waals surface area contributed by atoms with E-state index in [1.165, 1.54) is 6.07 Å². The minimum absolute atomic E-state index is 0.00976. The van der Waals surface area contributed by atoms with Gasteiger partial charge in [-0.05, 0) is 54.7 Å². The second-order valence-corrected chi connectivity index (χ2v) is 9.23. The van der Waals surface area contributed by atoms with Crippen molar-refractivity contribution in [2.45, 2.75) is 55.9 Å². The molecule has 1 amide bonds. The van der Waals surface area contributed by atoms with Gasteiger partial charge in [-0.3, -0.25) is 4.79 Å². The summed E-state index contributed by atoms with van der Waals surface area (Å²) in [5.74, 6) is 0.779. The van der Waals surface area contributed by atoms with Crippen LogP contribution in [0, 0.1) is 6.92 Å². The zero-order valence-corrected chi connectivity index (χ0v) is 17.7. The second-order valence-electron chi connectivity index (χ2n) is 7.70. The van der Waals surface area contributed by atoms with Crippen LogP contribution in [0.15, 0.2) is 47.4 Å². The number of nitrogens with one attached hydrogen (secondary N) is 1. The number of rotatable bonds is 6. The predicted molar refractivity (Wildman–Crippen MR) is 112 cm³/mol.